The number of rotatable bonds is 10. The fraction of sp³-hybridized carbons (Fsp3) is 0. The number of thiophene rings is 2. The third kappa shape index (κ3) is 11.2. The number of benzene rings is 18. The van der Waals surface area contributed by atoms with E-state index in [1.54, 1.807) is 0 Å². The Morgan fingerprint density at radius 2 is 0.520 bits per heavy atom. The zero-order valence-corrected chi connectivity index (χ0v) is 68.8. The first-order valence-corrected chi connectivity index (χ1v) is 43.9. The molecule has 18 aromatic carbocycles. The van der Waals surface area contributed by atoms with Gasteiger partial charge in [0.2, 0.25) is 11.9 Å². The quantitative estimate of drug-likeness (QED) is 0.137. The normalized spacial score (nSPS) is 12.0. The minimum Gasteiger partial charge on any atom is -0.309 e. The molecule has 0 aliphatic rings. The first-order chi connectivity index (χ1) is 62.0. The van der Waals surface area contributed by atoms with E-state index in [4.69, 9.17) is 19.9 Å². The zero-order chi connectivity index (χ0) is 81.9. The van der Waals surface area contributed by atoms with E-state index in [2.05, 4.69) is 429 Å². The molecule has 0 spiro atoms. The van der Waals surface area contributed by atoms with Crippen LogP contribution in [0.2, 0.25) is 0 Å². The van der Waals surface area contributed by atoms with Crippen LogP contribution < -0.4 is 0 Å². The molecule has 0 saturated heterocycles. The summed E-state index contributed by atoms with van der Waals surface area (Å²) >= 11 is 3.78. The highest BCUT2D eigenvalue weighted by atomic mass is 32.1. The van der Waals surface area contributed by atoms with Crippen molar-refractivity contribution in [2.24, 2.45) is 0 Å². The number of hydrogen-bond acceptors (Lipinski definition) is 6. The van der Waals surface area contributed by atoms with Gasteiger partial charge >= 0.3 is 0 Å². The van der Waals surface area contributed by atoms with Crippen molar-refractivity contribution in [2.75, 3.05) is 0 Å². The third-order valence-electron chi connectivity index (χ3n) is 25.4. The monoisotopic (exact) mass is 1630 g/mol. The maximum absolute atomic E-state index is 5.52. The van der Waals surface area contributed by atoms with E-state index in [0.29, 0.717) is 11.9 Å². The lowest BCUT2D eigenvalue weighted by molar-refractivity contribution is 0.995. The maximum atomic E-state index is 5.52. The maximum Gasteiger partial charge on any atom is 0.235 e. The fourth-order valence-corrected chi connectivity index (χ4v) is 22.3. The van der Waals surface area contributed by atoms with Crippen molar-refractivity contribution in [3.63, 3.8) is 0 Å². The van der Waals surface area contributed by atoms with Gasteiger partial charge in [-0.1, -0.05) is 273 Å². The summed E-state index contributed by atoms with van der Waals surface area (Å²) in [7, 11) is 0. The highest BCUT2D eigenvalue weighted by Gasteiger charge is 2.26. The molecule has 0 atom stereocenters. The van der Waals surface area contributed by atoms with Gasteiger partial charge in [0.25, 0.3) is 0 Å². The molecule has 0 bridgehead atoms. The highest BCUT2D eigenvalue weighted by Crippen LogP contribution is 2.49. The predicted octanol–water partition coefficient (Wildman–Crippen LogP) is 30.7. The number of aromatic nitrogens is 9. The van der Waals surface area contributed by atoms with E-state index in [9.17, 15) is 0 Å². The molecule has 11 heteroatoms. The second-order valence-electron chi connectivity index (χ2n) is 32.3. The first-order valence-electron chi connectivity index (χ1n) is 42.3. The molecule has 0 aliphatic carbocycles. The molecule has 0 fully saturated rings. The van der Waals surface area contributed by atoms with Crippen LogP contribution in [0.4, 0.5) is 0 Å². The lowest BCUT2D eigenvalue weighted by Crippen LogP contribution is -2.03. The van der Waals surface area contributed by atoms with Crippen LogP contribution in [-0.2, 0) is 0 Å². The molecule has 125 heavy (non-hydrogen) atoms. The summed E-state index contributed by atoms with van der Waals surface area (Å²) in [5.41, 5.74) is 26.4. The van der Waals surface area contributed by atoms with Crippen molar-refractivity contribution in [3.05, 3.63) is 419 Å². The Hall–Kier alpha value is -16.2. The van der Waals surface area contributed by atoms with E-state index in [1.165, 1.54) is 128 Å². The molecule has 582 valence electrons. The molecule has 0 N–H and O–H groups in total. The molecule has 27 rings (SSSR count). The molecule has 9 nitrogen and oxygen atoms in total. The van der Waals surface area contributed by atoms with E-state index >= 15 is 0 Å². The summed E-state index contributed by atoms with van der Waals surface area (Å²) in [5, 5.41) is 18.3. The summed E-state index contributed by atoms with van der Waals surface area (Å²) in [6.07, 6.45) is 0. The Morgan fingerprint density at radius 1 is 0.184 bits per heavy atom. The molecule has 0 aliphatic heterocycles. The number of nitrogens with zero attached hydrogens (tertiary/aromatic N) is 9. The zero-order valence-electron chi connectivity index (χ0n) is 67.2. The van der Waals surface area contributed by atoms with Crippen LogP contribution in [0.15, 0.2) is 419 Å². The molecule has 0 radical (unpaired) electrons. The van der Waals surface area contributed by atoms with E-state index < -0.39 is 0 Å². The van der Waals surface area contributed by atoms with E-state index in [1.807, 2.05) is 34.8 Å². The highest BCUT2D eigenvalue weighted by molar-refractivity contribution is 7.27. The smallest absolute Gasteiger partial charge is 0.235 e. The molecule has 27 aromatic rings. The van der Waals surface area contributed by atoms with Gasteiger partial charge < -0.3 is 13.7 Å². The molecular formula is C114H69N9S2. The molecular weight excluding hydrogens is 1560 g/mol. The summed E-state index contributed by atoms with van der Waals surface area (Å²) in [6, 6.07) is 151. The van der Waals surface area contributed by atoms with Gasteiger partial charge in [0.15, 0.2) is 0 Å². The Balaban J connectivity index is 0.000000135. The summed E-state index contributed by atoms with van der Waals surface area (Å²) in [4.78, 5) is 21.3. The Bertz CT molecular complexity index is 9050. The van der Waals surface area contributed by atoms with Crippen LogP contribution in [0.25, 0.3) is 245 Å². The Labute approximate surface area is 724 Å². The van der Waals surface area contributed by atoms with Gasteiger partial charge in [-0.05, 0) is 168 Å². The van der Waals surface area contributed by atoms with Gasteiger partial charge in [0.05, 0.1) is 82.5 Å². The van der Waals surface area contributed by atoms with Gasteiger partial charge in [0, 0.05) is 129 Å². The molecule has 0 unspecified atom stereocenters. The van der Waals surface area contributed by atoms with Crippen molar-refractivity contribution < 1.29 is 0 Å². The van der Waals surface area contributed by atoms with Crippen molar-refractivity contribution in [2.45, 2.75) is 0 Å². The SMILES string of the molecule is c1ccc(-c2cc(-c3ccccc3)nc(-n3c4ccccc4c4cc(-c5ccc6c(c5)c5ccc7c8ccccc8sc7c5n6-c5ccccc5)ccc43)n2)cc1.c1ccc(-n2c3ccccc3c3cc(-c4nc(-n5c6ccccc6c6cc(-c7ccc8c(c7)c7c9sc%10ccccc%10c9ccc7n8-c7ccccc7)ccc65)nc5ccccc45)ccc32)cc1. The first kappa shape index (κ1) is 70.6. The van der Waals surface area contributed by atoms with Gasteiger partial charge in [-0.2, -0.15) is 0 Å². The number of fused-ring (bicyclic) bond motifs is 24. The lowest BCUT2D eigenvalue weighted by atomic mass is 10.00. The molecule has 0 amide bonds. The van der Waals surface area contributed by atoms with Crippen LogP contribution in [0.1, 0.15) is 0 Å². The summed E-state index contributed by atoms with van der Waals surface area (Å²) in [6.45, 7) is 0. The van der Waals surface area contributed by atoms with Crippen molar-refractivity contribution in [1.29, 1.82) is 0 Å². The average Bonchev–Trinajstić information content (AvgIpc) is 1.56. The van der Waals surface area contributed by atoms with E-state index in [0.717, 1.165) is 105 Å². The topological polar surface area (TPSA) is 76.2 Å². The van der Waals surface area contributed by atoms with Crippen LogP contribution in [0.5, 0.6) is 0 Å². The van der Waals surface area contributed by atoms with Crippen LogP contribution in [0, 0.1) is 0 Å². The minimum absolute atomic E-state index is 0.645. The predicted molar refractivity (Wildman–Crippen MR) is 526 cm³/mol. The summed E-state index contributed by atoms with van der Waals surface area (Å²) < 4.78 is 17.0. The lowest BCUT2D eigenvalue weighted by Gasteiger charge is -2.12. The van der Waals surface area contributed by atoms with Crippen LogP contribution in [-0.4, -0.2) is 42.8 Å². The number of para-hydroxylation sites is 7. The van der Waals surface area contributed by atoms with Crippen LogP contribution in [0.3, 0.4) is 0 Å². The second kappa shape index (κ2) is 28.2. The standard InChI is InChI=1S/C62H37N5S.C52H32N4S/c1-3-15-41(16-4-1)65-52-24-12-8-19-43(52)49-37-40(29-33-54(49)65)60-47-22-7-11-23-51(47)63-62(64-60)67-53-25-13-9-20-44(53)48-35-38(27-31-55(48)67)39-28-32-56-50(36-39)59-57(66(56)42-17-5-2-6-18-42)34-30-46-45-21-10-14-26-58(45)68-61(46)59;1-4-14-33(15-5-1)44-32-45(34-16-6-2-7-17-34)54-52(53-44)56-46-22-12-10-20-38(46)42-30-35(25-29-48(42)56)36-24-28-47-43(31-36)40-26-27-41-39-21-11-13-23-49(39)57-51(41)50(40)55(47)37-18-8-3-9-19-37/h1-37H;1-32H. The second-order valence-corrected chi connectivity index (χ2v) is 34.4. The summed E-state index contributed by atoms with van der Waals surface area (Å²) in [5.74, 6) is 1.30. The molecule has 0 saturated carbocycles. The van der Waals surface area contributed by atoms with Crippen molar-refractivity contribution in [1.82, 2.24) is 42.8 Å². The van der Waals surface area contributed by atoms with E-state index in [-0.39, 0.29) is 0 Å². The van der Waals surface area contributed by atoms with Gasteiger partial charge in [0.1, 0.15) is 0 Å². The Morgan fingerprint density at radius 3 is 1.05 bits per heavy atom. The fourth-order valence-electron chi connectivity index (χ4n) is 19.8. The number of hydrogen-bond donors (Lipinski definition) is 0. The minimum atomic E-state index is 0.645. The Kier molecular flexibility index (Phi) is 15.9. The van der Waals surface area contributed by atoms with Gasteiger partial charge in [-0.3, -0.25) is 9.13 Å². The van der Waals surface area contributed by atoms with Gasteiger partial charge in [-0.25, -0.2) is 19.9 Å². The average molecular weight is 1630 g/mol. The van der Waals surface area contributed by atoms with Crippen molar-refractivity contribution in [3.8, 4) is 85.0 Å². The van der Waals surface area contributed by atoms with Gasteiger partial charge in [-0.15, -0.1) is 22.7 Å². The van der Waals surface area contributed by atoms with Crippen LogP contribution >= 0.6 is 22.7 Å². The largest absolute Gasteiger partial charge is 0.309 e. The van der Waals surface area contributed by atoms with Crippen molar-refractivity contribution >= 4 is 183 Å². The third-order valence-corrected chi connectivity index (χ3v) is 27.8. The molecule has 9 aromatic heterocycles. The molecule has 9 heterocycles.